The molecule has 4 aromatic rings. The summed E-state index contributed by atoms with van der Waals surface area (Å²) in [4.78, 5) is 35.9. The molecule has 6 saturated heterocycles. The predicted octanol–water partition coefficient (Wildman–Crippen LogP) is 5.94. The van der Waals surface area contributed by atoms with E-state index < -0.39 is 23.6 Å². The van der Waals surface area contributed by atoms with Gasteiger partial charge in [-0.3, -0.25) is 19.6 Å². The number of ether oxygens (including phenoxy) is 2. The van der Waals surface area contributed by atoms with Crippen molar-refractivity contribution in [3.05, 3.63) is 65.6 Å². The van der Waals surface area contributed by atoms with E-state index in [9.17, 15) is 14.4 Å². The molecular weight excluding hydrogens is 726 g/mol. The van der Waals surface area contributed by atoms with E-state index in [0.717, 1.165) is 50.8 Å². The number of rotatable bonds is 9. The maximum Gasteiger partial charge on any atom is 0.319 e. The Morgan fingerprint density at radius 3 is 2.80 bits per heavy atom. The summed E-state index contributed by atoms with van der Waals surface area (Å²) >= 11 is 6.65. The summed E-state index contributed by atoms with van der Waals surface area (Å²) in [5.74, 6) is -0.397. The van der Waals surface area contributed by atoms with Gasteiger partial charge in [-0.1, -0.05) is 48.0 Å². The molecule has 5 atom stereocenters. The van der Waals surface area contributed by atoms with Crippen LogP contribution < -0.4 is 9.64 Å². The summed E-state index contributed by atoms with van der Waals surface area (Å²) in [5.41, 5.74) is 0.187. The first-order chi connectivity index (χ1) is 26.8. The molecule has 6 aliphatic rings. The van der Waals surface area contributed by atoms with Crippen molar-refractivity contribution in [2.45, 2.75) is 68.4 Å². The smallest absolute Gasteiger partial charge is 0.319 e. The topological polar surface area (TPSA) is 111 Å². The molecule has 55 heavy (non-hydrogen) atoms. The number of fused-ring (bicyclic) bond motifs is 6. The average molecular weight is 769 g/mol. The summed E-state index contributed by atoms with van der Waals surface area (Å²) in [6.07, 6.45) is 8.85. The van der Waals surface area contributed by atoms with E-state index >= 15 is 4.39 Å². The number of alkyl halides is 1. The number of hydrogen-bond donors (Lipinski definition) is 0. The lowest BCUT2D eigenvalue weighted by atomic mass is 9.95. The number of morpholine rings is 1. The monoisotopic (exact) mass is 768 g/mol. The van der Waals surface area contributed by atoms with Gasteiger partial charge in [-0.2, -0.15) is 15.2 Å². The molecule has 0 spiro atoms. The first-order valence-corrected chi connectivity index (χ1v) is 19.7. The lowest BCUT2D eigenvalue weighted by Gasteiger charge is -2.44. The van der Waals surface area contributed by atoms with Crippen LogP contribution in [0.25, 0.3) is 32.9 Å². The van der Waals surface area contributed by atoms with Gasteiger partial charge < -0.3 is 19.3 Å². The normalized spacial score (nSPS) is 27.0. The Morgan fingerprint density at radius 2 is 2.00 bits per heavy atom. The van der Waals surface area contributed by atoms with E-state index in [1.54, 1.807) is 29.3 Å². The number of aromatic nitrogens is 3. The number of carbonyl (C=O) groups is 1. The van der Waals surface area contributed by atoms with Crippen molar-refractivity contribution in [2.75, 3.05) is 63.9 Å². The van der Waals surface area contributed by atoms with E-state index in [2.05, 4.69) is 25.8 Å². The molecule has 10 rings (SSSR count). The second-order valence-electron chi connectivity index (χ2n) is 15.6. The highest BCUT2D eigenvalue weighted by molar-refractivity contribution is 6.36. The van der Waals surface area contributed by atoms with Gasteiger partial charge in [0, 0.05) is 80.0 Å². The standard InChI is InChI=1S/C41H43ClF2N8O3/c42-33-8-2-6-26-5-1-7-31(35(26)33)37-36(44)38-32(20-46-37)39(48-40(47-38)55-25-41-13-4-16-51(41)21-27(43)19-41)50-17-18-52(28(22-50)12-14-45)34(53)9-3-15-49-23-30-11-10-29(49)24-54-30/h1-3,5-9,20,27-30H,4,10-13,15-19,21-25H2/b9-3+/t27-,28+,29-,30-,41+/m1/s1. The predicted molar refractivity (Wildman–Crippen MR) is 205 cm³/mol. The maximum absolute atomic E-state index is 17.0. The van der Waals surface area contributed by atoms with Crippen molar-refractivity contribution in [3.8, 4) is 23.3 Å². The number of piperidine rings is 1. The summed E-state index contributed by atoms with van der Waals surface area (Å²) in [5, 5.41) is 12.2. The molecule has 14 heteroatoms. The van der Waals surface area contributed by atoms with Gasteiger partial charge in [0.25, 0.3) is 0 Å². The van der Waals surface area contributed by atoms with Crippen LogP contribution in [0.15, 0.2) is 54.7 Å². The molecule has 2 bridgehead atoms. The van der Waals surface area contributed by atoms with Crippen LogP contribution >= 0.6 is 11.6 Å². The molecule has 0 saturated carbocycles. The van der Waals surface area contributed by atoms with Gasteiger partial charge in [0.05, 0.1) is 42.2 Å². The summed E-state index contributed by atoms with van der Waals surface area (Å²) in [6, 6.07) is 13.2. The van der Waals surface area contributed by atoms with E-state index in [-0.39, 0.29) is 48.8 Å². The number of nitrogens with zero attached hydrogens (tertiary/aromatic N) is 8. The number of nitriles is 1. The van der Waals surface area contributed by atoms with Crippen LogP contribution in [0.4, 0.5) is 14.6 Å². The molecular formula is C41H43ClF2N8O3. The third-order valence-corrected chi connectivity index (χ3v) is 12.6. The van der Waals surface area contributed by atoms with Gasteiger partial charge in [0.2, 0.25) is 5.91 Å². The van der Waals surface area contributed by atoms with Crippen LogP contribution in [-0.4, -0.2) is 124 Å². The van der Waals surface area contributed by atoms with Gasteiger partial charge in [0.1, 0.15) is 29.8 Å². The summed E-state index contributed by atoms with van der Waals surface area (Å²) in [7, 11) is 0. The molecule has 2 aromatic heterocycles. The fraction of sp³-hybridized carbons (Fsp3) is 0.488. The second kappa shape index (κ2) is 14.9. The molecule has 0 aliphatic carbocycles. The van der Waals surface area contributed by atoms with Crippen molar-refractivity contribution < 1.29 is 23.0 Å². The SMILES string of the molecule is N#CC[C@H]1CN(c2nc(OC[C@@]34CCCN3C[C@H](F)C4)nc3c(F)c(-c4cccc5cccc(Cl)c45)ncc23)CCN1C(=O)/C=C/CN1C[C@H]2CC[C@@H]1CO2. The van der Waals surface area contributed by atoms with Crippen molar-refractivity contribution in [3.63, 3.8) is 0 Å². The fourth-order valence-corrected chi connectivity index (χ4v) is 9.80. The largest absolute Gasteiger partial charge is 0.461 e. The highest BCUT2D eigenvalue weighted by Gasteiger charge is 2.49. The number of piperazine rings is 1. The van der Waals surface area contributed by atoms with Crippen LogP contribution in [0.5, 0.6) is 6.01 Å². The number of halogens is 3. The molecule has 0 N–H and O–H groups in total. The van der Waals surface area contributed by atoms with Gasteiger partial charge in [-0.05, 0) is 43.7 Å². The van der Waals surface area contributed by atoms with Crippen LogP contribution in [0.1, 0.15) is 38.5 Å². The minimum atomic E-state index is -0.934. The molecule has 0 unspecified atom stereocenters. The van der Waals surface area contributed by atoms with E-state index in [0.29, 0.717) is 65.8 Å². The maximum atomic E-state index is 17.0. The number of anilines is 1. The Kier molecular flexibility index (Phi) is 9.79. The lowest BCUT2D eigenvalue weighted by Crippen LogP contribution is -2.55. The lowest BCUT2D eigenvalue weighted by molar-refractivity contribution is -0.128. The number of carbonyl (C=O) groups excluding carboxylic acids is 1. The molecule has 8 heterocycles. The van der Waals surface area contributed by atoms with E-state index in [1.165, 1.54) is 0 Å². The first kappa shape index (κ1) is 36.2. The fourth-order valence-electron chi connectivity index (χ4n) is 9.52. The molecule has 286 valence electrons. The van der Waals surface area contributed by atoms with Crippen molar-refractivity contribution in [1.29, 1.82) is 5.26 Å². The van der Waals surface area contributed by atoms with Gasteiger partial charge in [-0.25, -0.2) is 8.78 Å². The minimum Gasteiger partial charge on any atom is -0.461 e. The zero-order chi connectivity index (χ0) is 37.7. The highest BCUT2D eigenvalue weighted by atomic mass is 35.5. The van der Waals surface area contributed by atoms with Crippen LogP contribution in [0.3, 0.4) is 0 Å². The summed E-state index contributed by atoms with van der Waals surface area (Å²) in [6.45, 7) is 4.63. The molecule has 2 aromatic carbocycles. The minimum absolute atomic E-state index is 0.0203. The average Bonchev–Trinajstić information content (AvgIpc) is 3.73. The molecule has 6 aliphatic heterocycles. The van der Waals surface area contributed by atoms with Crippen LogP contribution in [0, 0.1) is 17.1 Å². The summed E-state index contributed by atoms with van der Waals surface area (Å²) < 4.78 is 43.8. The third kappa shape index (κ3) is 6.77. The number of pyridine rings is 1. The number of benzene rings is 2. The molecule has 0 radical (unpaired) electrons. The van der Waals surface area contributed by atoms with Crippen LogP contribution in [0.2, 0.25) is 5.02 Å². The van der Waals surface area contributed by atoms with Crippen molar-refractivity contribution in [1.82, 2.24) is 29.7 Å². The molecule has 1 amide bonds. The Hall–Kier alpha value is -4.48. The zero-order valence-corrected chi connectivity index (χ0v) is 31.3. The van der Waals surface area contributed by atoms with Gasteiger partial charge in [-0.15, -0.1) is 0 Å². The second-order valence-corrected chi connectivity index (χ2v) is 16.0. The highest BCUT2D eigenvalue weighted by Crippen LogP contribution is 2.41. The number of hydrogen-bond acceptors (Lipinski definition) is 10. The van der Waals surface area contributed by atoms with Crippen molar-refractivity contribution in [2.24, 2.45) is 0 Å². The van der Waals surface area contributed by atoms with E-state index in [1.807, 2.05) is 35.2 Å². The van der Waals surface area contributed by atoms with Gasteiger partial charge >= 0.3 is 6.01 Å². The molecule has 6 fully saturated rings. The Bertz CT molecular complexity index is 2190. The van der Waals surface area contributed by atoms with Crippen LogP contribution in [-0.2, 0) is 9.53 Å². The molecule has 11 nitrogen and oxygen atoms in total. The van der Waals surface area contributed by atoms with Crippen molar-refractivity contribution >= 4 is 45.0 Å². The Balaban J connectivity index is 1.03. The number of amides is 1. The van der Waals surface area contributed by atoms with E-state index in [4.69, 9.17) is 26.1 Å². The zero-order valence-electron chi connectivity index (χ0n) is 30.5. The van der Waals surface area contributed by atoms with Gasteiger partial charge in [0.15, 0.2) is 5.82 Å². The Morgan fingerprint density at radius 1 is 1.13 bits per heavy atom. The quantitative estimate of drug-likeness (QED) is 0.190. The first-order valence-electron chi connectivity index (χ1n) is 19.3. The Labute approximate surface area is 323 Å². The third-order valence-electron chi connectivity index (χ3n) is 12.3.